The van der Waals surface area contributed by atoms with E-state index in [1.165, 1.54) is 6.08 Å². The second-order valence-electron chi connectivity index (χ2n) is 4.30. The average molecular weight is 304 g/mol. The number of benzene rings is 1. The number of hydrogen-bond acceptors (Lipinski definition) is 2. The Morgan fingerprint density at radius 2 is 1.95 bits per heavy atom. The van der Waals surface area contributed by atoms with Crippen LogP contribution in [0.4, 0.5) is 4.39 Å². The molecule has 0 amide bonds. The zero-order valence-electron chi connectivity index (χ0n) is 13.8. The van der Waals surface area contributed by atoms with E-state index in [9.17, 15) is 9.18 Å². The van der Waals surface area contributed by atoms with Crippen molar-refractivity contribution in [3.63, 3.8) is 0 Å². The van der Waals surface area contributed by atoms with Gasteiger partial charge in [-0.2, -0.15) is 0 Å². The largest absolute Gasteiger partial charge is 0.364 e. The van der Waals surface area contributed by atoms with Crippen molar-refractivity contribution in [2.75, 3.05) is 0 Å². The maximum Gasteiger partial charge on any atom is 0.150 e. The van der Waals surface area contributed by atoms with Crippen LogP contribution in [0.2, 0.25) is 0 Å². The van der Waals surface area contributed by atoms with Crippen molar-refractivity contribution in [2.24, 2.45) is 0 Å². The summed E-state index contributed by atoms with van der Waals surface area (Å²) < 4.78 is 16.2. The van der Waals surface area contributed by atoms with Gasteiger partial charge in [0, 0.05) is 5.56 Å². The summed E-state index contributed by atoms with van der Waals surface area (Å²) in [6.45, 7) is 12.1. The molecule has 0 aliphatic carbocycles. The lowest BCUT2D eigenvalue weighted by atomic mass is 9.98. The highest BCUT2D eigenvalue weighted by Crippen LogP contribution is 2.35. The zero-order chi connectivity index (χ0) is 17.0. The highest BCUT2D eigenvalue weighted by molar-refractivity contribution is 5.75. The Morgan fingerprint density at radius 1 is 1.32 bits per heavy atom. The predicted octanol–water partition coefficient (Wildman–Crippen LogP) is 5.72. The third-order valence-corrected chi connectivity index (χ3v) is 2.83. The summed E-state index contributed by atoms with van der Waals surface area (Å²) in [7, 11) is 0. The monoisotopic (exact) mass is 304 g/mol. The lowest BCUT2D eigenvalue weighted by Gasteiger charge is -2.11. The van der Waals surface area contributed by atoms with Crippen LogP contribution >= 0.6 is 0 Å². The molecule has 3 heteroatoms. The molecule has 1 aliphatic rings. The zero-order valence-corrected chi connectivity index (χ0v) is 13.8. The highest BCUT2D eigenvalue weighted by atomic mass is 19.1. The van der Waals surface area contributed by atoms with E-state index >= 15 is 0 Å². The number of halogens is 1. The SMILES string of the molecule is C/C=C/F.C=C(/C=C\C)C1OCc2cc(C=O)ccc21.CC. The molecule has 1 atom stereocenters. The van der Waals surface area contributed by atoms with Crippen LogP contribution in [0.25, 0.3) is 0 Å². The Morgan fingerprint density at radius 3 is 2.45 bits per heavy atom. The van der Waals surface area contributed by atoms with Gasteiger partial charge < -0.3 is 4.74 Å². The van der Waals surface area contributed by atoms with Crippen LogP contribution in [0.1, 0.15) is 55.3 Å². The van der Waals surface area contributed by atoms with Crippen molar-refractivity contribution < 1.29 is 13.9 Å². The number of aldehydes is 1. The van der Waals surface area contributed by atoms with E-state index in [0.717, 1.165) is 23.0 Å². The highest BCUT2D eigenvalue weighted by Gasteiger charge is 2.24. The molecule has 1 aromatic carbocycles. The number of carbonyl (C=O) groups excluding carboxylic acids is 1. The van der Waals surface area contributed by atoms with Gasteiger partial charge in [0.15, 0.2) is 0 Å². The van der Waals surface area contributed by atoms with Gasteiger partial charge in [0.25, 0.3) is 0 Å². The van der Waals surface area contributed by atoms with Crippen LogP contribution in [0.15, 0.2) is 54.9 Å². The molecule has 0 fully saturated rings. The van der Waals surface area contributed by atoms with Gasteiger partial charge >= 0.3 is 0 Å². The second-order valence-corrected chi connectivity index (χ2v) is 4.30. The quantitative estimate of drug-likeness (QED) is 0.527. The van der Waals surface area contributed by atoms with Crippen molar-refractivity contribution in [3.8, 4) is 0 Å². The molecular formula is C19H25FO2. The Kier molecular flexibility index (Phi) is 10.6. The van der Waals surface area contributed by atoms with Gasteiger partial charge in [-0.1, -0.05) is 50.8 Å². The number of hydrogen-bond donors (Lipinski definition) is 0. The molecule has 1 heterocycles. The number of carbonyl (C=O) groups is 1. The van der Waals surface area contributed by atoms with Crippen LogP contribution in [-0.2, 0) is 11.3 Å². The summed E-state index contributed by atoms with van der Waals surface area (Å²) >= 11 is 0. The van der Waals surface area contributed by atoms with Crippen molar-refractivity contribution in [2.45, 2.75) is 40.4 Å². The first-order valence-corrected chi connectivity index (χ1v) is 7.40. The molecule has 0 aromatic heterocycles. The van der Waals surface area contributed by atoms with E-state index in [2.05, 4.69) is 6.58 Å². The number of allylic oxidation sites excluding steroid dienone is 2. The first-order chi connectivity index (χ1) is 10.7. The van der Waals surface area contributed by atoms with E-state index in [1.807, 2.05) is 51.1 Å². The summed E-state index contributed by atoms with van der Waals surface area (Å²) in [4.78, 5) is 10.7. The van der Waals surface area contributed by atoms with Crippen LogP contribution < -0.4 is 0 Å². The van der Waals surface area contributed by atoms with Gasteiger partial charge in [0.05, 0.1) is 12.9 Å². The first kappa shape index (κ1) is 20.0. The third kappa shape index (κ3) is 5.78. The molecule has 0 N–H and O–H groups in total. The van der Waals surface area contributed by atoms with Gasteiger partial charge in [-0.3, -0.25) is 4.79 Å². The maximum atomic E-state index is 10.7. The first-order valence-electron chi connectivity index (χ1n) is 7.40. The molecule has 120 valence electrons. The molecule has 0 saturated carbocycles. The van der Waals surface area contributed by atoms with Crippen LogP contribution in [0.5, 0.6) is 0 Å². The van der Waals surface area contributed by atoms with Crippen LogP contribution in [0.3, 0.4) is 0 Å². The maximum absolute atomic E-state index is 10.7. The minimum absolute atomic E-state index is 0.0631. The lowest BCUT2D eigenvalue weighted by Crippen LogP contribution is -1.97. The van der Waals surface area contributed by atoms with Crippen LogP contribution in [0, 0.1) is 0 Å². The van der Waals surface area contributed by atoms with Crippen LogP contribution in [-0.4, -0.2) is 6.29 Å². The molecule has 0 saturated heterocycles. The Labute approximate surface area is 133 Å². The summed E-state index contributed by atoms with van der Waals surface area (Å²) in [6.07, 6.45) is 6.53. The minimum Gasteiger partial charge on any atom is -0.364 e. The fourth-order valence-electron chi connectivity index (χ4n) is 1.95. The van der Waals surface area contributed by atoms with Crippen molar-refractivity contribution in [1.29, 1.82) is 0 Å². The number of fused-ring (bicyclic) bond motifs is 1. The minimum atomic E-state index is -0.0631. The molecular weight excluding hydrogens is 279 g/mol. The molecule has 0 spiro atoms. The summed E-state index contributed by atoms with van der Waals surface area (Å²) in [6, 6.07) is 5.65. The molecule has 1 aromatic rings. The third-order valence-electron chi connectivity index (χ3n) is 2.83. The van der Waals surface area contributed by atoms with E-state index in [0.29, 0.717) is 18.5 Å². The molecule has 0 bridgehead atoms. The van der Waals surface area contributed by atoms with Gasteiger partial charge in [-0.05, 0) is 36.6 Å². The molecule has 2 rings (SSSR count). The number of ether oxygens (including phenoxy) is 1. The fraction of sp³-hybridized carbons (Fsp3) is 0.316. The molecule has 1 aliphatic heterocycles. The van der Waals surface area contributed by atoms with Crippen molar-refractivity contribution >= 4 is 6.29 Å². The standard InChI is InChI=1S/C14H14O2.C3H5F.C2H6/c1-3-4-10(2)14-13-6-5-11(8-15)7-12(13)9-16-14;1-2-3-4;1-2/h3-8,14H,2,9H2,1H3;2-3H,1H3;1-2H3/b4-3-;3-2+;. The lowest BCUT2D eigenvalue weighted by molar-refractivity contribution is 0.0937. The van der Waals surface area contributed by atoms with Gasteiger partial charge in [-0.25, -0.2) is 4.39 Å². The summed E-state index contributed by atoms with van der Waals surface area (Å²) in [5.74, 6) is 0. The van der Waals surface area contributed by atoms with Gasteiger partial charge in [-0.15, -0.1) is 0 Å². The normalized spacial score (nSPS) is 15.6. The smallest absolute Gasteiger partial charge is 0.150 e. The molecule has 0 radical (unpaired) electrons. The van der Waals surface area contributed by atoms with E-state index in [1.54, 1.807) is 6.92 Å². The van der Waals surface area contributed by atoms with E-state index in [4.69, 9.17) is 4.74 Å². The summed E-state index contributed by atoms with van der Waals surface area (Å²) in [5, 5.41) is 0. The molecule has 2 nitrogen and oxygen atoms in total. The molecule has 1 unspecified atom stereocenters. The Bertz CT molecular complexity index is 526. The van der Waals surface area contributed by atoms with Crippen molar-refractivity contribution in [3.05, 3.63) is 71.6 Å². The van der Waals surface area contributed by atoms with Gasteiger partial charge in [0.1, 0.15) is 12.4 Å². The van der Waals surface area contributed by atoms with E-state index in [-0.39, 0.29) is 6.10 Å². The second kappa shape index (κ2) is 11.6. The Balaban J connectivity index is 0.000000640. The Hall–Kier alpha value is -2.00. The summed E-state index contributed by atoms with van der Waals surface area (Å²) in [5.41, 5.74) is 3.84. The average Bonchev–Trinajstić information content (AvgIpc) is 3.00. The van der Waals surface area contributed by atoms with Crippen molar-refractivity contribution in [1.82, 2.24) is 0 Å². The van der Waals surface area contributed by atoms with Gasteiger partial charge in [0.2, 0.25) is 0 Å². The number of rotatable bonds is 3. The fourth-order valence-corrected chi connectivity index (χ4v) is 1.95. The predicted molar refractivity (Wildman–Crippen MR) is 90.6 cm³/mol. The van der Waals surface area contributed by atoms with E-state index < -0.39 is 0 Å². The molecule has 22 heavy (non-hydrogen) atoms. The topological polar surface area (TPSA) is 26.3 Å².